The minimum atomic E-state index is -1.69. The lowest BCUT2D eigenvalue weighted by molar-refractivity contribution is -0.143. The molecule has 42 heavy (non-hydrogen) atoms. The van der Waals surface area contributed by atoms with E-state index in [9.17, 15) is 29.0 Å². The molecule has 2 amide bonds. The maximum absolute atomic E-state index is 14.7. The summed E-state index contributed by atoms with van der Waals surface area (Å²) in [6.45, 7) is 3.57. The van der Waals surface area contributed by atoms with E-state index in [1.807, 2.05) is 36.4 Å². The van der Waals surface area contributed by atoms with Crippen molar-refractivity contribution in [3.8, 4) is 0 Å². The first-order chi connectivity index (χ1) is 20.0. The number of aliphatic hydroxyl groups is 2. The molecule has 0 saturated heterocycles. The Morgan fingerprint density at radius 3 is 2.05 bits per heavy atom. The van der Waals surface area contributed by atoms with Crippen LogP contribution in [0, 0.1) is 17.2 Å². The van der Waals surface area contributed by atoms with Crippen LogP contribution in [0.4, 0.5) is 10.1 Å². The second kappa shape index (κ2) is 13.1. The number of rotatable bonds is 12. The van der Waals surface area contributed by atoms with Crippen molar-refractivity contribution in [2.45, 2.75) is 45.3 Å². The zero-order valence-electron chi connectivity index (χ0n) is 23.5. The van der Waals surface area contributed by atoms with Crippen LogP contribution in [-0.2, 0) is 14.4 Å². The van der Waals surface area contributed by atoms with Crippen molar-refractivity contribution in [2.75, 3.05) is 11.9 Å². The summed E-state index contributed by atoms with van der Waals surface area (Å²) in [4.78, 5) is 41.4. The molecular formula is C33H35FN2O6. The molecule has 220 valence electrons. The lowest BCUT2D eigenvalue weighted by Gasteiger charge is -2.34. The smallest absolute Gasteiger partial charge is 0.305 e. The van der Waals surface area contributed by atoms with Crippen molar-refractivity contribution < 1.29 is 34.1 Å². The second-order valence-corrected chi connectivity index (χ2v) is 10.8. The summed E-state index contributed by atoms with van der Waals surface area (Å²) in [5.41, 5.74) is 0.868. The number of carbonyl (C=O) groups excluding carboxylic acids is 2. The van der Waals surface area contributed by atoms with E-state index in [4.69, 9.17) is 5.11 Å². The van der Waals surface area contributed by atoms with Crippen LogP contribution in [0.2, 0.25) is 0 Å². The van der Waals surface area contributed by atoms with E-state index in [0.29, 0.717) is 28.1 Å². The molecule has 0 aliphatic carbocycles. The highest BCUT2D eigenvalue weighted by atomic mass is 19.1. The number of hydrogen-bond donors (Lipinski definition) is 4. The van der Waals surface area contributed by atoms with Crippen molar-refractivity contribution in [2.24, 2.45) is 11.3 Å². The Balaban J connectivity index is 1.87. The Morgan fingerprint density at radius 1 is 0.881 bits per heavy atom. The first-order valence-electron chi connectivity index (χ1n) is 13.9. The molecule has 0 bridgehead atoms. The number of hydrogen-bond acceptors (Lipinski definition) is 5. The maximum Gasteiger partial charge on any atom is 0.305 e. The van der Waals surface area contributed by atoms with Gasteiger partial charge in [0.05, 0.1) is 24.3 Å². The van der Waals surface area contributed by atoms with E-state index < -0.39 is 53.6 Å². The van der Waals surface area contributed by atoms with Gasteiger partial charge in [0.25, 0.3) is 0 Å². The van der Waals surface area contributed by atoms with Gasteiger partial charge in [-0.3, -0.25) is 14.4 Å². The molecule has 0 fully saturated rings. The van der Waals surface area contributed by atoms with Gasteiger partial charge in [0.1, 0.15) is 5.82 Å². The average molecular weight is 575 g/mol. The number of amides is 2. The molecular weight excluding hydrogens is 539 g/mol. The molecule has 8 nitrogen and oxygen atoms in total. The predicted octanol–water partition coefficient (Wildman–Crippen LogP) is 4.79. The lowest BCUT2D eigenvalue weighted by atomic mass is 9.68. The number of benzene rings is 3. The van der Waals surface area contributed by atoms with Crippen molar-refractivity contribution in [3.63, 3.8) is 0 Å². The van der Waals surface area contributed by atoms with E-state index in [-0.39, 0.29) is 19.4 Å². The van der Waals surface area contributed by atoms with E-state index >= 15 is 0 Å². The number of aliphatic hydroxyl groups excluding tert-OH is 2. The molecule has 0 saturated carbocycles. The number of halogens is 1. The monoisotopic (exact) mass is 574 g/mol. The first-order valence-corrected chi connectivity index (χ1v) is 13.9. The molecule has 4 N–H and O–H groups in total. The summed E-state index contributed by atoms with van der Waals surface area (Å²) >= 11 is 0. The predicted molar refractivity (Wildman–Crippen MR) is 157 cm³/mol. The lowest BCUT2D eigenvalue weighted by Crippen LogP contribution is -2.49. The number of nitrogens with zero attached hydrogens (tertiary/aromatic N) is 1. The minimum absolute atomic E-state index is 0.00363. The molecule has 3 atom stereocenters. The number of nitrogens with one attached hydrogen (secondary N) is 1. The molecule has 0 unspecified atom stereocenters. The summed E-state index contributed by atoms with van der Waals surface area (Å²) in [5, 5.41) is 32.6. The van der Waals surface area contributed by atoms with Crippen molar-refractivity contribution >= 4 is 34.7 Å². The summed E-state index contributed by atoms with van der Waals surface area (Å²) in [6.07, 6.45) is -3.09. The molecule has 3 aromatic carbocycles. The Labute approximate surface area is 244 Å². The van der Waals surface area contributed by atoms with Crippen molar-refractivity contribution in [3.05, 3.63) is 102 Å². The highest BCUT2D eigenvalue weighted by molar-refractivity contribution is 6.28. The van der Waals surface area contributed by atoms with Gasteiger partial charge in [-0.25, -0.2) is 4.39 Å². The van der Waals surface area contributed by atoms with Crippen LogP contribution < -0.4 is 5.32 Å². The van der Waals surface area contributed by atoms with Crippen LogP contribution in [0.3, 0.4) is 0 Å². The molecule has 1 aliphatic heterocycles. The number of anilines is 1. The molecule has 0 aromatic heterocycles. The fourth-order valence-electron chi connectivity index (χ4n) is 5.59. The third kappa shape index (κ3) is 6.27. The Morgan fingerprint density at radius 2 is 1.48 bits per heavy atom. The average Bonchev–Trinajstić information content (AvgIpc) is 3.22. The van der Waals surface area contributed by atoms with Crippen LogP contribution in [-0.4, -0.2) is 56.8 Å². The number of aliphatic carboxylic acids is 1. The van der Waals surface area contributed by atoms with Gasteiger partial charge in [0, 0.05) is 17.8 Å². The quantitative estimate of drug-likeness (QED) is 0.230. The van der Waals surface area contributed by atoms with Gasteiger partial charge in [-0.2, -0.15) is 0 Å². The van der Waals surface area contributed by atoms with Gasteiger partial charge >= 0.3 is 5.97 Å². The third-order valence-electron chi connectivity index (χ3n) is 7.56. The zero-order valence-corrected chi connectivity index (χ0v) is 23.5. The molecule has 0 radical (unpaired) electrons. The van der Waals surface area contributed by atoms with Crippen molar-refractivity contribution in [1.82, 2.24) is 4.90 Å². The summed E-state index contributed by atoms with van der Waals surface area (Å²) in [5.74, 6) is -3.19. The largest absolute Gasteiger partial charge is 0.481 e. The Kier molecular flexibility index (Phi) is 9.55. The van der Waals surface area contributed by atoms with Gasteiger partial charge in [-0.05, 0) is 66.3 Å². The zero-order chi connectivity index (χ0) is 30.4. The maximum atomic E-state index is 14.7. The fraction of sp³-hybridized carbons (Fsp3) is 0.303. The second-order valence-electron chi connectivity index (χ2n) is 10.8. The molecule has 4 rings (SSSR count). The van der Waals surface area contributed by atoms with Gasteiger partial charge in [-0.1, -0.05) is 62.4 Å². The summed E-state index contributed by atoms with van der Waals surface area (Å²) in [6, 6.07) is 23.6. The van der Waals surface area contributed by atoms with E-state index in [1.165, 1.54) is 17.0 Å². The topological polar surface area (TPSA) is 127 Å². The number of carbonyl (C=O) groups is 3. The number of para-hydroxylation sites is 1. The first kappa shape index (κ1) is 30.6. The fourth-order valence-corrected chi connectivity index (χ4v) is 5.59. The normalized spacial score (nSPS) is 18.3. The summed E-state index contributed by atoms with van der Waals surface area (Å²) in [7, 11) is 0. The van der Waals surface area contributed by atoms with Gasteiger partial charge in [0.15, 0.2) is 5.41 Å². The minimum Gasteiger partial charge on any atom is -0.481 e. The van der Waals surface area contributed by atoms with Crippen LogP contribution >= 0.6 is 0 Å². The van der Waals surface area contributed by atoms with E-state index in [1.54, 1.807) is 50.2 Å². The van der Waals surface area contributed by atoms with Gasteiger partial charge in [0.2, 0.25) is 11.8 Å². The van der Waals surface area contributed by atoms with E-state index in [2.05, 4.69) is 5.32 Å². The number of carboxylic acid groups (broad SMARTS) is 1. The molecule has 3 aromatic rings. The summed E-state index contributed by atoms with van der Waals surface area (Å²) < 4.78 is 14.0. The molecule has 1 heterocycles. The SMILES string of the molecule is CC(C)[C@@]1(C(=O)Nc2ccccc2)C(=O)N(CC[C@@H](O)C[C@@H](O)CC(=O)O)C(c2ccc(F)cc2)=C1c1ccccc1. The molecule has 0 spiro atoms. The van der Waals surface area contributed by atoms with Crippen LogP contribution in [0.15, 0.2) is 84.9 Å². The molecule has 1 aliphatic rings. The van der Waals surface area contributed by atoms with E-state index in [0.717, 1.165) is 0 Å². The Bertz CT molecular complexity index is 1440. The van der Waals surface area contributed by atoms with Crippen LogP contribution in [0.25, 0.3) is 11.3 Å². The van der Waals surface area contributed by atoms with Crippen LogP contribution in [0.1, 0.15) is 44.2 Å². The van der Waals surface area contributed by atoms with Gasteiger partial charge < -0.3 is 25.5 Å². The van der Waals surface area contributed by atoms with Crippen LogP contribution in [0.5, 0.6) is 0 Å². The highest BCUT2D eigenvalue weighted by Crippen LogP contribution is 2.54. The Hall–Kier alpha value is -4.34. The van der Waals surface area contributed by atoms with Gasteiger partial charge in [-0.15, -0.1) is 0 Å². The highest BCUT2D eigenvalue weighted by Gasteiger charge is 2.60. The number of carboxylic acids is 1. The third-order valence-corrected chi connectivity index (χ3v) is 7.56. The molecule has 9 heteroatoms. The van der Waals surface area contributed by atoms with Crippen molar-refractivity contribution in [1.29, 1.82) is 0 Å². The standard InChI is InChI=1S/C33H35FN2O6/c1-21(2)33(31(41)35-25-11-7-4-8-12-25)29(22-9-5-3-6-10-22)30(23-13-15-24(34)16-14-23)36(32(33)42)18-17-26(37)19-27(38)20-28(39)40/h3-16,21,26-27,37-38H,17-20H2,1-2H3,(H,35,41)(H,39,40)/t26-,27-,33-/m1/s1.